The zero-order chi connectivity index (χ0) is 15.0. The van der Waals surface area contributed by atoms with E-state index in [1.807, 2.05) is 13.8 Å². The number of hydrogen-bond donors (Lipinski definition) is 2. The molecule has 0 bridgehead atoms. The maximum absolute atomic E-state index is 11.5. The van der Waals surface area contributed by atoms with E-state index >= 15 is 0 Å². The number of hydrogen-bond acceptors (Lipinski definition) is 5. The maximum Gasteiger partial charge on any atom is 0.325 e. The topological polar surface area (TPSA) is 106 Å². The van der Waals surface area contributed by atoms with Crippen molar-refractivity contribution in [3.63, 3.8) is 0 Å². The molecule has 2 N–H and O–H groups in total. The Labute approximate surface area is 117 Å². The van der Waals surface area contributed by atoms with E-state index in [-0.39, 0.29) is 25.1 Å². The fraction of sp³-hybridized carbons (Fsp3) is 0.667. The van der Waals surface area contributed by atoms with Crippen molar-refractivity contribution in [3.05, 3.63) is 11.9 Å². The SMILES string of the molecule is CC(C)OCCCC(=O)NCc1cn(CC(=O)O)nn1. The number of aliphatic carboxylic acids is 1. The normalized spacial score (nSPS) is 10.8. The first-order chi connectivity index (χ1) is 9.47. The van der Waals surface area contributed by atoms with Gasteiger partial charge in [-0.2, -0.15) is 0 Å². The van der Waals surface area contributed by atoms with E-state index in [1.165, 1.54) is 10.9 Å². The quantitative estimate of drug-likeness (QED) is 0.627. The summed E-state index contributed by atoms with van der Waals surface area (Å²) in [6, 6.07) is 0. The number of nitrogens with one attached hydrogen (secondary N) is 1. The zero-order valence-corrected chi connectivity index (χ0v) is 11.7. The summed E-state index contributed by atoms with van der Waals surface area (Å²) in [5, 5.41) is 18.7. The molecule has 1 aromatic heterocycles. The fourth-order valence-corrected chi connectivity index (χ4v) is 1.46. The first kappa shape index (κ1) is 16.1. The van der Waals surface area contributed by atoms with Crippen molar-refractivity contribution in [3.8, 4) is 0 Å². The molecule has 0 saturated carbocycles. The van der Waals surface area contributed by atoms with Gasteiger partial charge in [-0.05, 0) is 20.3 Å². The van der Waals surface area contributed by atoms with Crippen LogP contribution in [0.2, 0.25) is 0 Å². The van der Waals surface area contributed by atoms with Crippen molar-refractivity contribution >= 4 is 11.9 Å². The predicted octanol–water partition coefficient (Wildman–Crippen LogP) is 0.184. The lowest BCUT2D eigenvalue weighted by Gasteiger charge is -2.07. The minimum Gasteiger partial charge on any atom is -0.480 e. The molecule has 0 aliphatic carbocycles. The number of nitrogens with zero attached hydrogens (tertiary/aromatic N) is 3. The number of ether oxygens (including phenoxy) is 1. The second-order valence-electron chi connectivity index (χ2n) is 4.60. The van der Waals surface area contributed by atoms with E-state index in [1.54, 1.807) is 0 Å². The number of aromatic nitrogens is 3. The molecule has 0 spiro atoms. The molecule has 1 rings (SSSR count). The van der Waals surface area contributed by atoms with Crippen LogP contribution in [0.1, 0.15) is 32.4 Å². The van der Waals surface area contributed by atoms with Gasteiger partial charge in [0.1, 0.15) is 12.2 Å². The Balaban J connectivity index is 2.20. The molecule has 0 atom stereocenters. The van der Waals surface area contributed by atoms with Crippen LogP contribution in [0, 0.1) is 0 Å². The summed E-state index contributed by atoms with van der Waals surface area (Å²) in [5.74, 6) is -1.08. The van der Waals surface area contributed by atoms with Crippen LogP contribution < -0.4 is 5.32 Å². The molecular weight excluding hydrogens is 264 g/mol. The highest BCUT2D eigenvalue weighted by Gasteiger charge is 2.06. The molecule has 1 amide bonds. The summed E-state index contributed by atoms with van der Waals surface area (Å²) >= 11 is 0. The third-order valence-corrected chi connectivity index (χ3v) is 2.35. The molecule has 1 aromatic rings. The van der Waals surface area contributed by atoms with E-state index in [2.05, 4.69) is 15.6 Å². The molecule has 0 fully saturated rings. The molecule has 1 heterocycles. The van der Waals surface area contributed by atoms with Crippen LogP contribution in [0.5, 0.6) is 0 Å². The van der Waals surface area contributed by atoms with Gasteiger partial charge >= 0.3 is 5.97 Å². The van der Waals surface area contributed by atoms with Crippen molar-refractivity contribution < 1.29 is 19.4 Å². The standard InChI is InChI=1S/C12H20N4O4/c1-9(2)20-5-3-4-11(17)13-6-10-7-16(15-14-10)8-12(18)19/h7,9H,3-6,8H2,1-2H3,(H,13,17)(H,18,19). The molecule has 0 unspecified atom stereocenters. The van der Waals surface area contributed by atoms with Gasteiger partial charge in [-0.25, -0.2) is 4.68 Å². The minimum absolute atomic E-state index is 0.0925. The van der Waals surface area contributed by atoms with Crippen molar-refractivity contribution in [2.24, 2.45) is 0 Å². The molecule has 0 radical (unpaired) electrons. The van der Waals surface area contributed by atoms with E-state index in [9.17, 15) is 9.59 Å². The van der Waals surface area contributed by atoms with Gasteiger partial charge in [0.15, 0.2) is 0 Å². The van der Waals surface area contributed by atoms with E-state index < -0.39 is 5.97 Å². The number of carbonyl (C=O) groups is 2. The third-order valence-electron chi connectivity index (χ3n) is 2.35. The average molecular weight is 284 g/mol. The Bertz CT molecular complexity index is 444. The summed E-state index contributed by atoms with van der Waals surface area (Å²) in [7, 11) is 0. The van der Waals surface area contributed by atoms with Crippen molar-refractivity contribution in [1.82, 2.24) is 20.3 Å². The molecule has 20 heavy (non-hydrogen) atoms. The highest BCUT2D eigenvalue weighted by atomic mass is 16.5. The Morgan fingerprint density at radius 3 is 2.90 bits per heavy atom. The van der Waals surface area contributed by atoms with E-state index in [0.717, 1.165) is 0 Å². The van der Waals surface area contributed by atoms with Gasteiger partial charge in [0, 0.05) is 13.0 Å². The van der Waals surface area contributed by atoms with Crippen LogP contribution in [0.3, 0.4) is 0 Å². The summed E-state index contributed by atoms with van der Waals surface area (Å²) < 4.78 is 6.54. The predicted molar refractivity (Wildman–Crippen MR) is 69.8 cm³/mol. The average Bonchev–Trinajstić information content (AvgIpc) is 2.78. The Morgan fingerprint density at radius 1 is 1.50 bits per heavy atom. The first-order valence-electron chi connectivity index (χ1n) is 6.46. The largest absolute Gasteiger partial charge is 0.480 e. The van der Waals surface area contributed by atoms with Gasteiger partial charge in [0.05, 0.1) is 18.8 Å². The van der Waals surface area contributed by atoms with E-state index in [0.29, 0.717) is 25.1 Å². The highest BCUT2D eigenvalue weighted by molar-refractivity contribution is 5.75. The summed E-state index contributed by atoms with van der Waals surface area (Å²) in [6.07, 6.45) is 2.71. The molecule has 8 heteroatoms. The molecular formula is C12H20N4O4. The summed E-state index contributed by atoms with van der Waals surface area (Å²) in [4.78, 5) is 22.0. The van der Waals surface area contributed by atoms with Crippen LogP contribution in [-0.4, -0.2) is 44.7 Å². The van der Waals surface area contributed by atoms with Gasteiger partial charge in [0.2, 0.25) is 5.91 Å². The van der Waals surface area contributed by atoms with Crippen LogP contribution in [-0.2, 0) is 27.4 Å². The second-order valence-corrected chi connectivity index (χ2v) is 4.60. The lowest BCUT2D eigenvalue weighted by molar-refractivity contribution is -0.138. The smallest absolute Gasteiger partial charge is 0.325 e. The number of carboxylic acids is 1. The summed E-state index contributed by atoms with van der Waals surface area (Å²) in [6.45, 7) is 4.44. The second kappa shape index (κ2) is 8.26. The number of rotatable bonds is 9. The molecule has 0 aromatic carbocycles. The lowest BCUT2D eigenvalue weighted by Crippen LogP contribution is -2.23. The fourth-order valence-electron chi connectivity index (χ4n) is 1.46. The molecule has 112 valence electrons. The highest BCUT2D eigenvalue weighted by Crippen LogP contribution is 1.96. The van der Waals surface area contributed by atoms with Crippen LogP contribution >= 0.6 is 0 Å². The van der Waals surface area contributed by atoms with Crippen molar-refractivity contribution in [1.29, 1.82) is 0 Å². The monoisotopic (exact) mass is 284 g/mol. The lowest BCUT2D eigenvalue weighted by atomic mass is 10.3. The number of amides is 1. The van der Waals surface area contributed by atoms with Gasteiger partial charge < -0.3 is 15.2 Å². The molecule has 0 aliphatic rings. The van der Waals surface area contributed by atoms with Crippen molar-refractivity contribution in [2.75, 3.05) is 6.61 Å². The van der Waals surface area contributed by atoms with Gasteiger partial charge in [-0.3, -0.25) is 9.59 Å². The van der Waals surface area contributed by atoms with Gasteiger partial charge in [0.25, 0.3) is 0 Å². The molecule has 0 aliphatic heterocycles. The Kier molecular flexibility index (Phi) is 6.65. The number of carboxylic acid groups (broad SMARTS) is 1. The molecule has 8 nitrogen and oxygen atoms in total. The van der Waals surface area contributed by atoms with Crippen LogP contribution in [0.4, 0.5) is 0 Å². The first-order valence-corrected chi connectivity index (χ1v) is 6.46. The van der Waals surface area contributed by atoms with Crippen LogP contribution in [0.25, 0.3) is 0 Å². The maximum atomic E-state index is 11.5. The van der Waals surface area contributed by atoms with Gasteiger partial charge in [-0.1, -0.05) is 5.21 Å². The summed E-state index contributed by atoms with van der Waals surface area (Å²) in [5.41, 5.74) is 0.526. The van der Waals surface area contributed by atoms with Crippen LogP contribution in [0.15, 0.2) is 6.20 Å². The number of carbonyl (C=O) groups excluding carboxylic acids is 1. The Hall–Kier alpha value is -1.96. The third kappa shape index (κ3) is 6.83. The molecule has 0 saturated heterocycles. The minimum atomic E-state index is -0.990. The van der Waals surface area contributed by atoms with Gasteiger partial charge in [-0.15, -0.1) is 5.10 Å². The Morgan fingerprint density at radius 2 is 2.25 bits per heavy atom. The van der Waals surface area contributed by atoms with Crippen molar-refractivity contribution in [2.45, 2.75) is 45.9 Å². The zero-order valence-electron chi connectivity index (χ0n) is 11.7. The van der Waals surface area contributed by atoms with E-state index in [4.69, 9.17) is 9.84 Å².